The van der Waals surface area contributed by atoms with Crippen LogP contribution in [-0.4, -0.2) is 5.25 Å². The third-order valence-corrected chi connectivity index (χ3v) is 2.39. The second-order valence-corrected chi connectivity index (χ2v) is 3.34. The number of hydrogen-bond donors (Lipinski definition) is 0. The van der Waals surface area contributed by atoms with Crippen molar-refractivity contribution in [3.8, 4) is 0 Å². The molecule has 0 amide bonds. The largest absolute Gasteiger partial charge is 0.154 e. The zero-order valence-electron chi connectivity index (χ0n) is 5.98. The van der Waals surface area contributed by atoms with Crippen LogP contribution in [0.1, 0.15) is 33.6 Å². The highest BCUT2D eigenvalue weighted by Crippen LogP contribution is 2.17. The Morgan fingerprint density at radius 2 is 2.12 bits per heavy atom. The molecule has 0 heterocycles. The molecule has 1 heteroatoms. The van der Waals surface area contributed by atoms with E-state index in [1.807, 2.05) is 11.8 Å². The maximum atomic E-state index is 2.27. The third kappa shape index (κ3) is 4.51. The zero-order valence-corrected chi connectivity index (χ0v) is 6.79. The molecule has 0 N–H and O–H groups in total. The fourth-order valence-electron chi connectivity index (χ4n) is 0.357. The Hall–Kier alpha value is 0.350. The Morgan fingerprint density at radius 1 is 1.50 bits per heavy atom. The van der Waals surface area contributed by atoms with Gasteiger partial charge in [0.2, 0.25) is 0 Å². The lowest BCUT2D eigenvalue weighted by Gasteiger charge is -2.04. The first kappa shape index (κ1) is 8.35. The van der Waals surface area contributed by atoms with Gasteiger partial charge in [-0.3, -0.25) is 0 Å². The van der Waals surface area contributed by atoms with E-state index < -0.39 is 0 Å². The van der Waals surface area contributed by atoms with Crippen molar-refractivity contribution in [1.29, 1.82) is 0 Å². The van der Waals surface area contributed by atoms with E-state index >= 15 is 0 Å². The fourth-order valence-corrected chi connectivity index (χ4v) is 1.07. The number of hydrogen-bond acceptors (Lipinski definition) is 1. The smallest absolute Gasteiger partial charge is 0.0166 e. The lowest BCUT2D eigenvalue weighted by molar-refractivity contribution is 0.907. The van der Waals surface area contributed by atoms with Crippen molar-refractivity contribution in [1.82, 2.24) is 0 Å². The predicted molar refractivity (Wildman–Crippen MR) is 41.9 cm³/mol. The number of rotatable bonds is 4. The van der Waals surface area contributed by atoms with Crippen LogP contribution in [0, 0.1) is 5.75 Å². The van der Waals surface area contributed by atoms with E-state index in [4.69, 9.17) is 0 Å². The molecule has 0 aliphatic carbocycles. The van der Waals surface area contributed by atoms with Gasteiger partial charge in [-0.05, 0) is 12.8 Å². The van der Waals surface area contributed by atoms with Crippen LogP contribution in [0.15, 0.2) is 0 Å². The summed E-state index contributed by atoms with van der Waals surface area (Å²) in [6, 6.07) is 0. The van der Waals surface area contributed by atoms with E-state index in [1.54, 1.807) is 0 Å². The average Bonchev–Trinajstić information content (AvgIpc) is 1.83. The maximum absolute atomic E-state index is 2.27. The van der Waals surface area contributed by atoms with Gasteiger partial charge >= 0.3 is 0 Å². The van der Waals surface area contributed by atoms with Crippen LogP contribution in [0.5, 0.6) is 0 Å². The first-order valence-electron chi connectivity index (χ1n) is 3.28. The molecule has 0 rings (SSSR count). The lowest BCUT2D eigenvalue weighted by atomic mass is 10.4. The Kier molecular flexibility index (Phi) is 5.73. The van der Waals surface area contributed by atoms with Gasteiger partial charge in [-0.1, -0.05) is 20.8 Å². The van der Waals surface area contributed by atoms with Crippen molar-refractivity contribution < 1.29 is 0 Å². The van der Waals surface area contributed by atoms with Gasteiger partial charge in [0.15, 0.2) is 0 Å². The van der Waals surface area contributed by atoms with Crippen LogP contribution < -0.4 is 0 Å². The minimum atomic E-state index is 0.815. The monoisotopic (exact) mass is 131 g/mol. The molecule has 0 spiro atoms. The molecule has 8 heavy (non-hydrogen) atoms. The molecule has 1 atom stereocenters. The fraction of sp³-hybridized carbons (Fsp3) is 0.857. The summed E-state index contributed by atoms with van der Waals surface area (Å²) in [4.78, 5) is 0. The Morgan fingerprint density at radius 3 is 2.50 bits per heavy atom. The van der Waals surface area contributed by atoms with Crippen LogP contribution in [-0.2, 0) is 0 Å². The van der Waals surface area contributed by atoms with Crippen molar-refractivity contribution in [3.05, 3.63) is 5.75 Å². The maximum Gasteiger partial charge on any atom is 0.0166 e. The molecule has 1 unspecified atom stereocenters. The summed E-state index contributed by atoms with van der Waals surface area (Å²) in [5, 5.41) is 0.815. The quantitative estimate of drug-likeness (QED) is 0.565. The highest BCUT2D eigenvalue weighted by molar-refractivity contribution is 8.01. The van der Waals surface area contributed by atoms with Gasteiger partial charge in [-0.2, -0.15) is 11.8 Å². The number of thioether (sulfide) groups is 1. The molecule has 0 nitrogen and oxygen atoms in total. The molecule has 49 valence electrons. The molecule has 0 aliphatic heterocycles. The van der Waals surface area contributed by atoms with E-state index in [-0.39, 0.29) is 0 Å². The summed E-state index contributed by atoms with van der Waals surface area (Å²) < 4.78 is 0. The van der Waals surface area contributed by atoms with Gasteiger partial charge in [0.05, 0.1) is 0 Å². The van der Waals surface area contributed by atoms with Crippen molar-refractivity contribution in [2.75, 3.05) is 0 Å². The summed E-state index contributed by atoms with van der Waals surface area (Å²) in [5.74, 6) is 2.27. The molecule has 0 aromatic heterocycles. The summed E-state index contributed by atoms with van der Waals surface area (Å²) in [7, 11) is 0. The van der Waals surface area contributed by atoms with E-state index in [9.17, 15) is 0 Å². The lowest BCUT2D eigenvalue weighted by Crippen LogP contribution is -1.90. The van der Waals surface area contributed by atoms with Gasteiger partial charge < -0.3 is 0 Å². The van der Waals surface area contributed by atoms with Crippen LogP contribution in [0.4, 0.5) is 0 Å². The highest BCUT2D eigenvalue weighted by atomic mass is 32.2. The molecule has 0 aromatic carbocycles. The van der Waals surface area contributed by atoms with Gasteiger partial charge in [0.25, 0.3) is 0 Å². The van der Waals surface area contributed by atoms with Crippen molar-refractivity contribution in [2.45, 2.75) is 38.9 Å². The molecule has 0 aromatic rings. The van der Waals surface area contributed by atoms with Crippen LogP contribution in [0.2, 0.25) is 0 Å². The minimum Gasteiger partial charge on any atom is -0.154 e. The summed E-state index contributed by atoms with van der Waals surface area (Å²) in [5.41, 5.74) is 0. The Labute approximate surface area is 57.1 Å². The second-order valence-electron chi connectivity index (χ2n) is 1.93. The SMILES string of the molecule is CC[CH]SC(C)CC. The van der Waals surface area contributed by atoms with Gasteiger partial charge in [0.1, 0.15) is 0 Å². The zero-order chi connectivity index (χ0) is 6.41. The summed E-state index contributed by atoms with van der Waals surface area (Å²) >= 11 is 1.95. The molecule has 1 radical (unpaired) electrons. The van der Waals surface area contributed by atoms with Crippen LogP contribution >= 0.6 is 11.8 Å². The molecule has 0 bridgehead atoms. The standard InChI is InChI=1S/C7H15S/c1-4-6-8-7(3)5-2/h6-7H,4-5H2,1-3H3. The van der Waals surface area contributed by atoms with Crippen molar-refractivity contribution in [3.63, 3.8) is 0 Å². The van der Waals surface area contributed by atoms with Crippen LogP contribution in [0.25, 0.3) is 0 Å². The van der Waals surface area contributed by atoms with Gasteiger partial charge in [-0.15, -0.1) is 0 Å². The minimum absolute atomic E-state index is 0.815. The van der Waals surface area contributed by atoms with Crippen molar-refractivity contribution in [2.24, 2.45) is 0 Å². The van der Waals surface area contributed by atoms with E-state index in [0.717, 1.165) is 5.25 Å². The topological polar surface area (TPSA) is 0 Å². The van der Waals surface area contributed by atoms with E-state index in [2.05, 4.69) is 26.5 Å². The summed E-state index contributed by atoms with van der Waals surface area (Å²) in [6.45, 7) is 6.66. The van der Waals surface area contributed by atoms with E-state index in [1.165, 1.54) is 12.8 Å². The molecular formula is C7H15S. The normalized spacial score (nSPS) is 13.9. The molecule has 0 aliphatic rings. The molecule has 0 saturated heterocycles. The van der Waals surface area contributed by atoms with Crippen molar-refractivity contribution >= 4 is 11.8 Å². The Bertz CT molecular complexity index is 43.7. The van der Waals surface area contributed by atoms with Crippen LogP contribution in [0.3, 0.4) is 0 Å². The second kappa shape index (κ2) is 5.49. The molecule has 0 saturated carbocycles. The summed E-state index contributed by atoms with van der Waals surface area (Å²) in [6.07, 6.45) is 2.47. The molecular weight excluding hydrogens is 116 g/mol. The average molecular weight is 131 g/mol. The first-order chi connectivity index (χ1) is 3.81. The Balaban J connectivity index is 2.86. The highest BCUT2D eigenvalue weighted by Gasteiger charge is 1.95. The predicted octanol–water partition coefficient (Wildman–Crippen LogP) is 3.09. The van der Waals surface area contributed by atoms with Gasteiger partial charge in [0, 0.05) is 11.0 Å². The van der Waals surface area contributed by atoms with E-state index in [0.29, 0.717) is 0 Å². The third-order valence-electron chi connectivity index (χ3n) is 1.07. The molecule has 0 fully saturated rings. The van der Waals surface area contributed by atoms with Gasteiger partial charge in [-0.25, -0.2) is 0 Å². The first-order valence-corrected chi connectivity index (χ1v) is 4.22.